The number of esters is 1. The number of nitrogens with two attached hydrogens (primary N) is 1. The Morgan fingerprint density at radius 3 is 2.38 bits per heavy atom. The molecule has 0 saturated carbocycles. The van der Waals surface area contributed by atoms with Crippen molar-refractivity contribution >= 4 is 17.8 Å². The number of hydrogen-bond donors (Lipinski definition) is 2. The Morgan fingerprint density at radius 2 is 1.75 bits per heavy atom. The van der Waals surface area contributed by atoms with Crippen molar-refractivity contribution in [2.45, 2.75) is 57.3 Å². The van der Waals surface area contributed by atoms with Gasteiger partial charge in [-0.3, -0.25) is 9.59 Å². The van der Waals surface area contributed by atoms with Gasteiger partial charge in [-0.15, -0.1) is 0 Å². The summed E-state index contributed by atoms with van der Waals surface area (Å²) in [6.07, 6.45) is 1.64. The van der Waals surface area contributed by atoms with Crippen LogP contribution in [0.4, 0.5) is 0 Å². The molecule has 32 heavy (non-hydrogen) atoms. The van der Waals surface area contributed by atoms with Gasteiger partial charge >= 0.3 is 5.97 Å². The Balaban J connectivity index is 1.76. The van der Waals surface area contributed by atoms with Gasteiger partial charge in [-0.25, -0.2) is 4.79 Å². The van der Waals surface area contributed by atoms with Gasteiger partial charge < -0.3 is 20.7 Å². The van der Waals surface area contributed by atoms with Gasteiger partial charge in [0.1, 0.15) is 18.7 Å². The number of carbonyl (C=O) groups is 3. The quantitative estimate of drug-likeness (QED) is 0.619. The van der Waals surface area contributed by atoms with Crippen LogP contribution in [0, 0.1) is 0 Å². The molecule has 1 heterocycles. The van der Waals surface area contributed by atoms with Crippen LogP contribution in [-0.4, -0.2) is 40.8 Å². The van der Waals surface area contributed by atoms with E-state index in [0.717, 1.165) is 5.56 Å². The number of carbonyl (C=O) groups excluding carboxylic acids is 3. The summed E-state index contributed by atoms with van der Waals surface area (Å²) >= 11 is 0. The van der Waals surface area contributed by atoms with Gasteiger partial charge in [0.15, 0.2) is 0 Å². The van der Waals surface area contributed by atoms with E-state index < -0.39 is 29.5 Å². The molecule has 0 aliphatic carbocycles. The summed E-state index contributed by atoms with van der Waals surface area (Å²) in [4.78, 5) is 40.6. The standard InChI is InChI=1S/C25H31N3O4/c1-3-25(2,26)24(31)27-21(19-13-8-5-9-14-19)22(29)28-16-10-15-20(28)23(30)32-17-18-11-6-4-7-12-18/h4-9,11-14,20-21H,3,10,15-17,26H2,1-2H3,(H,27,31)/t20-,21+,25+/m1/s1. The average molecular weight is 438 g/mol. The van der Waals surface area contributed by atoms with Gasteiger partial charge in [-0.05, 0) is 37.3 Å². The number of benzene rings is 2. The monoisotopic (exact) mass is 437 g/mol. The number of ether oxygens (including phenoxy) is 1. The van der Waals surface area contributed by atoms with Crippen LogP contribution in [0.25, 0.3) is 0 Å². The van der Waals surface area contributed by atoms with Crippen molar-refractivity contribution in [2.75, 3.05) is 6.54 Å². The lowest BCUT2D eigenvalue weighted by atomic mass is 9.97. The van der Waals surface area contributed by atoms with Crippen molar-refractivity contribution < 1.29 is 19.1 Å². The second-order valence-electron chi connectivity index (χ2n) is 8.37. The highest BCUT2D eigenvalue weighted by atomic mass is 16.5. The summed E-state index contributed by atoms with van der Waals surface area (Å²) in [6.45, 7) is 4.03. The van der Waals surface area contributed by atoms with Crippen LogP contribution < -0.4 is 11.1 Å². The maximum atomic E-state index is 13.5. The predicted octanol–water partition coefficient (Wildman–Crippen LogP) is 2.71. The molecule has 0 aromatic heterocycles. The summed E-state index contributed by atoms with van der Waals surface area (Å²) in [6, 6.07) is 16.8. The minimum atomic E-state index is -1.10. The van der Waals surface area contributed by atoms with E-state index in [1.165, 1.54) is 4.90 Å². The number of nitrogens with one attached hydrogen (secondary N) is 1. The zero-order valence-electron chi connectivity index (χ0n) is 18.6. The third kappa shape index (κ3) is 5.53. The van der Waals surface area contributed by atoms with Gasteiger partial charge in [0.05, 0.1) is 5.54 Å². The first kappa shape index (κ1) is 23.5. The second kappa shape index (κ2) is 10.4. The molecule has 0 unspecified atom stereocenters. The predicted molar refractivity (Wildman–Crippen MR) is 121 cm³/mol. The van der Waals surface area contributed by atoms with Gasteiger partial charge in [0.2, 0.25) is 5.91 Å². The fourth-order valence-electron chi connectivity index (χ4n) is 3.66. The number of amides is 2. The Bertz CT molecular complexity index is 931. The molecule has 7 nitrogen and oxygen atoms in total. The minimum absolute atomic E-state index is 0.152. The molecule has 1 aliphatic rings. The lowest BCUT2D eigenvalue weighted by Gasteiger charge is -2.31. The smallest absolute Gasteiger partial charge is 0.329 e. The normalized spacial score (nSPS) is 18.5. The molecule has 2 amide bonds. The molecule has 3 atom stereocenters. The summed E-state index contributed by atoms with van der Waals surface area (Å²) in [5.74, 6) is -1.18. The van der Waals surface area contributed by atoms with Crippen molar-refractivity contribution in [1.29, 1.82) is 0 Å². The maximum absolute atomic E-state index is 13.5. The van der Waals surface area contributed by atoms with E-state index in [1.54, 1.807) is 31.2 Å². The van der Waals surface area contributed by atoms with Crippen molar-refractivity contribution in [3.8, 4) is 0 Å². The first-order chi connectivity index (χ1) is 15.3. The van der Waals surface area contributed by atoms with Crippen LogP contribution in [0.5, 0.6) is 0 Å². The Labute approximate surface area is 188 Å². The second-order valence-corrected chi connectivity index (χ2v) is 8.37. The van der Waals surface area contributed by atoms with E-state index >= 15 is 0 Å². The first-order valence-electron chi connectivity index (χ1n) is 11.0. The van der Waals surface area contributed by atoms with E-state index in [-0.39, 0.29) is 12.5 Å². The van der Waals surface area contributed by atoms with E-state index in [1.807, 2.05) is 43.3 Å². The number of likely N-dealkylation sites (tertiary alicyclic amines) is 1. The lowest BCUT2D eigenvalue weighted by molar-refractivity contribution is -0.155. The molecular formula is C25H31N3O4. The van der Waals surface area contributed by atoms with E-state index in [4.69, 9.17) is 10.5 Å². The number of hydrogen-bond acceptors (Lipinski definition) is 5. The Kier molecular flexibility index (Phi) is 7.64. The molecule has 1 fully saturated rings. The largest absolute Gasteiger partial charge is 0.459 e. The molecule has 1 aliphatic heterocycles. The molecule has 3 rings (SSSR count). The highest BCUT2D eigenvalue weighted by Crippen LogP contribution is 2.25. The third-order valence-electron chi connectivity index (χ3n) is 5.94. The van der Waals surface area contributed by atoms with Crippen molar-refractivity contribution in [3.05, 3.63) is 71.8 Å². The molecule has 2 aromatic carbocycles. The van der Waals surface area contributed by atoms with Gasteiger partial charge in [0, 0.05) is 6.54 Å². The molecule has 2 aromatic rings. The van der Waals surface area contributed by atoms with Crippen LogP contribution in [0.15, 0.2) is 60.7 Å². The summed E-state index contributed by atoms with van der Waals surface area (Å²) in [5.41, 5.74) is 6.52. The van der Waals surface area contributed by atoms with Crippen molar-refractivity contribution in [3.63, 3.8) is 0 Å². The maximum Gasteiger partial charge on any atom is 0.329 e. The zero-order valence-corrected chi connectivity index (χ0v) is 18.6. The van der Waals surface area contributed by atoms with Gasteiger partial charge in [-0.2, -0.15) is 0 Å². The van der Waals surface area contributed by atoms with Gasteiger partial charge in [0.25, 0.3) is 5.91 Å². The summed E-state index contributed by atoms with van der Waals surface area (Å²) in [5, 5.41) is 2.81. The van der Waals surface area contributed by atoms with E-state index in [0.29, 0.717) is 31.4 Å². The topological polar surface area (TPSA) is 102 Å². The van der Waals surface area contributed by atoms with Gasteiger partial charge in [-0.1, -0.05) is 67.6 Å². The van der Waals surface area contributed by atoms with Crippen LogP contribution in [0.3, 0.4) is 0 Å². The highest BCUT2D eigenvalue weighted by Gasteiger charge is 2.40. The highest BCUT2D eigenvalue weighted by molar-refractivity contribution is 5.94. The fourth-order valence-corrected chi connectivity index (χ4v) is 3.66. The zero-order chi connectivity index (χ0) is 23.1. The number of rotatable bonds is 8. The van der Waals surface area contributed by atoms with Crippen LogP contribution in [0.2, 0.25) is 0 Å². The lowest BCUT2D eigenvalue weighted by Crippen LogP contribution is -2.55. The van der Waals surface area contributed by atoms with Crippen molar-refractivity contribution in [1.82, 2.24) is 10.2 Å². The summed E-state index contributed by atoms with van der Waals surface area (Å²) in [7, 11) is 0. The Hall–Kier alpha value is -3.19. The Morgan fingerprint density at radius 1 is 1.12 bits per heavy atom. The van der Waals surface area contributed by atoms with Crippen LogP contribution in [-0.2, 0) is 25.7 Å². The third-order valence-corrected chi connectivity index (χ3v) is 5.94. The van der Waals surface area contributed by atoms with Crippen LogP contribution in [0.1, 0.15) is 50.3 Å². The molecule has 0 bridgehead atoms. The van der Waals surface area contributed by atoms with Crippen LogP contribution >= 0.6 is 0 Å². The molecule has 7 heteroatoms. The minimum Gasteiger partial charge on any atom is -0.459 e. The molecule has 3 N–H and O–H groups in total. The first-order valence-corrected chi connectivity index (χ1v) is 11.0. The molecule has 0 radical (unpaired) electrons. The van der Waals surface area contributed by atoms with E-state index in [9.17, 15) is 14.4 Å². The molecule has 170 valence electrons. The SMILES string of the molecule is CC[C@](C)(N)C(=O)N[C@H](C(=O)N1CCC[C@@H]1C(=O)OCc1ccccc1)c1ccccc1. The molecule has 0 spiro atoms. The molecule has 1 saturated heterocycles. The fraction of sp³-hybridized carbons (Fsp3) is 0.400. The van der Waals surface area contributed by atoms with Crippen molar-refractivity contribution in [2.24, 2.45) is 5.73 Å². The summed E-state index contributed by atoms with van der Waals surface area (Å²) < 4.78 is 5.49. The molecular weight excluding hydrogens is 406 g/mol. The number of nitrogens with zero attached hydrogens (tertiary/aromatic N) is 1. The average Bonchev–Trinajstić information content (AvgIpc) is 3.31. The van der Waals surface area contributed by atoms with E-state index in [2.05, 4.69) is 5.32 Å².